The standard InChI is InChI=1S/C22H18ClN3O/c1-14-7-10-18(23)17(13-14)21(26-19-6-2-3-11-24-19)16-9-8-15-5-4-12-25-20(15)22(16)27/h2-13,21,27H,1H3,(H,24,26). The molecule has 4 aromatic rings. The zero-order valence-electron chi connectivity index (χ0n) is 14.7. The minimum atomic E-state index is -0.376. The first-order chi connectivity index (χ1) is 13.1. The van der Waals surface area contributed by atoms with Crippen molar-refractivity contribution in [3.8, 4) is 5.75 Å². The number of benzene rings is 2. The van der Waals surface area contributed by atoms with Crippen LogP contribution in [0.3, 0.4) is 0 Å². The van der Waals surface area contributed by atoms with Crippen LogP contribution in [-0.4, -0.2) is 15.1 Å². The summed E-state index contributed by atoms with van der Waals surface area (Å²) in [6.07, 6.45) is 3.39. The van der Waals surface area contributed by atoms with Gasteiger partial charge in [0.2, 0.25) is 0 Å². The molecule has 0 saturated carbocycles. The van der Waals surface area contributed by atoms with Crippen molar-refractivity contribution in [1.82, 2.24) is 9.97 Å². The van der Waals surface area contributed by atoms with Crippen molar-refractivity contribution in [2.75, 3.05) is 5.32 Å². The SMILES string of the molecule is Cc1ccc(Cl)c(C(Nc2ccccn2)c2ccc3cccnc3c2O)c1. The summed E-state index contributed by atoms with van der Waals surface area (Å²) in [4.78, 5) is 8.70. The molecule has 0 saturated heterocycles. The Hall–Kier alpha value is -3.11. The Bertz CT molecular complexity index is 1100. The van der Waals surface area contributed by atoms with Gasteiger partial charge >= 0.3 is 0 Å². The highest BCUT2D eigenvalue weighted by atomic mass is 35.5. The number of nitrogens with one attached hydrogen (secondary N) is 1. The fourth-order valence-corrected chi connectivity index (χ4v) is 3.41. The number of aryl methyl sites for hydroxylation is 1. The van der Waals surface area contributed by atoms with Gasteiger partial charge in [-0.2, -0.15) is 0 Å². The van der Waals surface area contributed by atoms with E-state index in [1.165, 1.54) is 0 Å². The summed E-state index contributed by atoms with van der Waals surface area (Å²) < 4.78 is 0. The van der Waals surface area contributed by atoms with Crippen molar-refractivity contribution in [2.45, 2.75) is 13.0 Å². The van der Waals surface area contributed by atoms with Gasteiger partial charge in [-0.3, -0.25) is 4.98 Å². The molecule has 0 radical (unpaired) electrons. The van der Waals surface area contributed by atoms with Crippen LogP contribution in [0.5, 0.6) is 5.75 Å². The monoisotopic (exact) mass is 375 g/mol. The maximum Gasteiger partial charge on any atom is 0.147 e. The van der Waals surface area contributed by atoms with Crippen molar-refractivity contribution in [3.05, 3.63) is 94.8 Å². The average Bonchev–Trinajstić information content (AvgIpc) is 2.70. The summed E-state index contributed by atoms with van der Waals surface area (Å²) in [5.74, 6) is 0.833. The number of halogens is 1. The first-order valence-electron chi connectivity index (χ1n) is 8.63. The van der Waals surface area contributed by atoms with Gasteiger partial charge in [0.05, 0.1) is 6.04 Å². The highest BCUT2D eigenvalue weighted by Gasteiger charge is 2.22. The zero-order valence-corrected chi connectivity index (χ0v) is 15.5. The van der Waals surface area contributed by atoms with Gasteiger partial charge in [0.15, 0.2) is 0 Å². The summed E-state index contributed by atoms with van der Waals surface area (Å²) in [5.41, 5.74) is 3.21. The molecule has 134 valence electrons. The van der Waals surface area contributed by atoms with Crippen LogP contribution >= 0.6 is 11.6 Å². The number of phenols is 1. The molecule has 2 aromatic carbocycles. The van der Waals surface area contributed by atoms with Crippen molar-refractivity contribution in [1.29, 1.82) is 0 Å². The second kappa shape index (κ2) is 7.25. The van der Waals surface area contributed by atoms with Gasteiger partial charge in [0, 0.05) is 28.4 Å². The largest absolute Gasteiger partial charge is 0.505 e. The third-order valence-electron chi connectivity index (χ3n) is 4.51. The molecule has 2 N–H and O–H groups in total. The van der Waals surface area contributed by atoms with E-state index in [9.17, 15) is 5.11 Å². The van der Waals surface area contributed by atoms with Crippen LogP contribution in [0.1, 0.15) is 22.7 Å². The zero-order chi connectivity index (χ0) is 18.8. The van der Waals surface area contributed by atoms with E-state index >= 15 is 0 Å². The van der Waals surface area contributed by atoms with Crippen molar-refractivity contribution >= 4 is 28.3 Å². The fraction of sp³-hybridized carbons (Fsp3) is 0.0909. The van der Waals surface area contributed by atoms with Crippen LogP contribution < -0.4 is 5.32 Å². The molecular formula is C22H18ClN3O. The van der Waals surface area contributed by atoms with Crippen molar-refractivity contribution < 1.29 is 5.11 Å². The third-order valence-corrected chi connectivity index (χ3v) is 4.85. The maximum atomic E-state index is 11.0. The topological polar surface area (TPSA) is 58.0 Å². The molecule has 1 atom stereocenters. The quantitative estimate of drug-likeness (QED) is 0.494. The van der Waals surface area contributed by atoms with Gasteiger partial charge in [-0.15, -0.1) is 0 Å². The molecule has 0 spiro atoms. The molecular weight excluding hydrogens is 358 g/mol. The van der Waals surface area contributed by atoms with Crippen LogP contribution in [0.15, 0.2) is 73.1 Å². The van der Waals surface area contributed by atoms with Gasteiger partial charge in [0.25, 0.3) is 0 Å². The van der Waals surface area contributed by atoms with Crippen LogP contribution in [0.4, 0.5) is 5.82 Å². The summed E-state index contributed by atoms with van der Waals surface area (Å²) in [6.45, 7) is 2.01. The second-order valence-electron chi connectivity index (χ2n) is 6.40. The van der Waals surface area contributed by atoms with E-state index in [-0.39, 0.29) is 11.8 Å². The summed E-state index contributed by atoms with van der Waals surface area (Å²) in [5, 5.41) is 15.9. The summed E-state index contributed by atoms with van der Waals surface area (Å²) in [7, 11) is 0. The molecule has 0 aliphatic carbocycles. The highest BCUT2D eigenvalue weighted by molar-refractivity contribution is 6.31. The van der Waals surface area contributed by atoms with E-state index in [0.29, 0.717) is 21.9 Å². The lowest BCUT2D eigenvalue weighted by Crippen LogP contribution is -2.14. The minimum Gasteiger partial charge on any atom is -0.505 e. The number of aromatic hydroxyl groups is 1. The van der Waals surface area contributed by atoms with Gasteiger partial charge < -0.3 is 10.4 Å². The van der Waals surface area contributed by atoms with E-state index in [1.807, 2.05) is 67.6 Å². The van der Waals surface area contributed by atoms with Crippen LogP contribution in [0.25, 0.3) is 10.9 Å². The van der Waals surface area contributed by atoms with E-state index in [2.05, 4.69) is 15.3 Å². The Morgan fingerprint density at radius 3 is 2.59 bits per heavy atom. The van der Waals surface area contributed by atoms with Gasteiger partial charge in [-0.25, -0.2) is 4.98 Å². The first kappa shape index (κ1) is 17.3. The first-order valence-corrected chi connectivity index (χ1v) is 9.01. The number of aromatic nitrogens is 2. The number of anilines is 1. The Morgan fingerprint density at radius 1 is 0.926 bits per heavy atom. The van der Waals surface area contributed by atoms with Crippen LogP contribution in [0, 0.1) is 6.92 Å². The number of hydrogen-bond donors (Lipinski definition) is 2. The number of hydrogen-bond acceptors (Lipinski definition) is 4. The number of fused-ring (bicyclic) bond motifs is 1. The van der Waals surface area contributed by atoms with Gasteiger partial charge in [-0.05, 0) is 36.8 Å². The van der Waals surface area contributed by atoms with E-state index in [1.54, 1.807) is 12.4 Å². The third kappa shape index (κ3) is 3.44. The minimum absolute atomic E-state index is 0.138. The van der Waals surface area contributed by atoms with Crippen LogP contribution in [0.2, 0.25) is 5.02 Å². The van der Waals surface area contributed by atoms with Gasteiger partial charge in [0.1, 0.15) is 17.1 Å². The Morgan fingerprint density at radius 2 is 1.78 bits per heavy atom. The summed E-state index contributed by atoms with van der Waals surface area (Å²) >= 11 is 6.52. The Labute approximate surface area is 162 Å². The molecule has 2 heterocycles. The molecule has 5 heteroatoms. The Balaban J connectivity index is 1.90. The lowest BCUT2D eigenvalue weighted by molar-refractivity contribution is 0.471. The van der Waals surface area contributed by atoms with E-state index < -0.39 is 0 Å². The normalized spacial score (nSPS) is 12.1. The predicted molar refractivity (Wildman–Crippen MR) is 109 cm³/mol. The number of nitrogens with zero attached hydrogens (tertiary/aromatic N) is 2. The number of rotatable bonds is 4. The molecule has 1 unspecified atom stereocenters. The van der Waals surface area contributed by atoms with Crippen molar-refractivity contribution in [2.24, 2.45) is 0 Å². The fourth-order valence-electron chi connectivity index (χ4n) is 3.18. The lowest BCUT2D eigenvalue weighted by atomic mass is 9.95. The smallest absolute Gasteiger partial charge is 0.147 e. The van der Waals surface area contributed by atoms with E-state index in [0.717, 1.165) is 16.5 Å². The second-order valence-corrected chi connectivity index (χ2v) is 6.80. The molecule has 2 aromatic heterocycles. The number of pyridine rings is 2. The molecule has 0 aliphatic heterocycles. The molecule has 0 aliphatic rings. The maximum absolute atomic E-state index is 11.0. The summed E-state index contributed by atoms with van der Waals surface area (Å²) in [6, 6.07) is 18.8. The Kier molecular flexibility index (Phi) is 4.65. The molecule has 0 fully saturated rings. The molecule has 4 rings (SSSR count). The van der Waals surface area contributed by atoms with Crippen LogP contribution in [-0.2, 0) is 0 Å². The predicted octanol–water partition coefficient (Wildman–Crippen LogP) is 5.50. The molecule has 0 amide bonds. The van der Waals surface area contributed by atoms with E-state index in [4.69, 9.17) is 11.6 Å². The van der Waals surface area contributed by atoms with Gasteiger partial charge in [-0.1, -0.05) is 53.6 Å². The molecule has 4 nitrogen and oxygen atoms in total. The highest BCUT2D eigenvalue weighted by Crippen LogP contribution is 2.38. The molecule has 27 heavy (non-hydrogen) atoms. The number of phenolic OH excluding ortho intramolecular Hbond substituents is 1. The lowest BCUT2D eigenvalue weighted by Gasteiger charge is -2.23. The van der Waals surface area contributed by atoms with Crippen molar-refractivity contribution in [3.63, 3.8) is 0 Å². The average molecular weight is 376 g/mol. The molecule has 0 bridgehead atoms.